The Labute approximate surface area is 152 Å². The smallest absolute Gasteiger partial charge is 0.264 e. The first-order valence-electron chi connectivity index (χ1n) is 8.69. The number of carbonyl (C=O) groups is 2. The Morgan fingerprint density at radius 3 is 2.36 bits per heavy atom. The maximum Gasteiger partial charge on any atom is 0.264 e. The van der Waals surface area contributed by atoms with E-state index in [0.717, 1.165) is 10.6 Å². The van der Waals surface area contributed by atoms with Crippen LogP contribution in [0.25, 0.3) is 0 Å². The second kappa shape index (κ2) is 6.70. The van der Waals surface area contributed by atoms with E-state index >= 15 is 0 Å². The van der Waals surface area contributed by atoms with E-state index in [-0.39, 0.29) is 11.8 Å². The Bertz CT molecular complexity index is 661. The second-order valence-electron chi connectivity index (χ2n) is 7.73. The third-order valence-electron chi connectivity index (χ3n) is 4.66. The van der Waals surface area contributed by atoms with E-state index in [1.54, 1.807) is 0 Å². The molecule has 2 aliphatic heterocycles. The molecule has 0 aromatic carbocycles. The summed E-state index contributed by atoms with van der Waals surface area (Å²) in [6, 6.07) is 1.87. The maximum atomic E-state index is 12.9. The summed E-state index contributed by atoms with van der Waals surface area (Å²) in [7, 11) is 0. The van der Waals surface area contributed by atoms with Crippen LogP contribution in [0.2, 0.25) is 0 Å². The van der Waals surface area contributed by atoms with Crippen LogP contribution in [0.15, 0.2) is 6.07 Å². The van der Waals surface area contributed by atoms with Crippen LogP contribution in [-0.2, 0) is 14.3 Å². The molecule has 2 aliphatic rings. The molecule has 1 aromatic rings. The zero-order valence-electron chi connectivity index (χ0n) is 15.3. The van der Waals surface area contributed by atoms with Crippen LogP contribution in [0.1, 0.15) is 48.8 Å². The lowest BCUT2D eigenvalue weighted by molar-refractivity contribution is -0.181. The zero-order valence-corrected chi connectivity index (χ0v) is 16.1. The molecule has 138 valence electrons. The fourth-order valence-electron chi connectivity index (χ4n) is 3.04. The van der Waals surface area contributed by atoms with Crippen LogP contribution < -0.4 is 5.32 Å². The standard InChI is InChI=1S/C18H26N2O4S/c1-12-11-13(19-16(22)17(2,3)4)25-14(12)15(21)20-7-5-18(6-8-20)23-9-10-24-18/h11H,5-10H2,1-4H3,(H,19,22). The highest BCUT2D eigenvalue weighted by Gasteiger charge is 2.41. The second-order valence-corrected chi connectivity index (χ2v) is 8.78. The van der Waals surface area contributed by atoms with E-state index in [2.05, 4.69) is 5.32 Å². The SMILES string of the molecule is Cc1cc(NC(=O)C(C)(C)C)sc1C(=O)N1CCC2(CC1)OCCO2. The summed E-state index contributed by atoms with van der Waals surface area (Å²) in [5.41, 5.74) is 0.428. The van der Waals surface area contributed by atoms with Crippen molar-refractivity contribution in [1.29, 1.82) is 0 Å². The Morgan fingerprint density at radius 1 is 1.20 bits per heavy atom. The number of anilines is 1. The van der Waals surface area contributed by atoms with Gasteiger partial charge in [0.05, 0.1) is 23.1 Å². The van der Waals surface area contributed by atoms with Crippen molar-refractivity contribution in [3.8, 4) is 0 Å². The molecule has 2 saturated heterocycles. The molecule has 0 saturated carbocycles. The first-order valence-corrected chi connectivity index (χ1v) is 9.51. The molecule has 0 atom stereocenters. The Balaban J connectivity index is 1.66. The summed E-state index contributed by atoms with van der Waals surface area (Å²) in [6.45, 7) is 10.0. The van der Waals surface area contributed by atoms with E-state index in [1.165, 1.54) is 11.3 Å². The van der Waals surface area contributed by atoms with Gasteiger partial charge in [-0.1, -0.05) is 20.8 Å². The monoisotopic (exact) mass is 366 g/mol. The van der Waals surface area contributed by atoms with E-state index in [9.17, 15) is 9.59 Å². The lowest BCUT2D eigenvalue weighted by Gasteiger charge is -2.37. The summed E-state index contributed by atoms with van der Waals surface area (Å²) < 4.78 is 11.4. The third-order valence-corrected chi connectivity index (χ3v) is 5.80. The van der Waals surface area contributed by atoms with Gasteiger partial charge in [0.1, 0.15) is 0 Å². The topological polar surface area (TPSA) is 67.9 Å². The van der Waals surface area contributed by atoms with Crippen molar-refractivity contribution in [1.82, 2.24) is 4.90 Å². The average molecular weight is 366 g/mol. The fourth-order valence-corrected chi connectivity index (χ4v) is 4.07. The number of rotatable bonds is 2. The number of ether oxygens (including phenoxy) is 2. The number of hydrogen-bond acceptors (Lipinski definition) is 5. The van der Waals surface area contributed by atoms with Gasteiger partial charge in [-0.25, -0.2) is 0 Å². The molecule has 3 heterocycles. The number of nitrogens with zero attached hydrogens (tertiary/aromatic N) is 1. The Kier molecular flexibility index (Phi) is 4.92. The molecular weight excluding hydrogens is 340 g/mol. The van der Waals surface area contributed by atoms with Gasteiger partial charge in [-0.2, -0.15) is 0 Å². The summed E-state index contributed by atoms with van der Waals surface area (Å²) >= 11 is 1.34. The number of aryl methyl sites for hydroxylation is 1. The van der Waals surface area contributed by atoms with Gasteiger partial charge in [0.2, 0.25) is 5.91 Å². The highest BCUT2D eigenvalue weighted by atomic mass is 32.1. The van der Waals surface area contributed by atoms with Gasteiger partial charge >= 0.3 is 0 Å². The van der Waals surface area contributed by atoms with Crippen LogP contribution in [0.4, 0.5) is 5.00 Å². The summed E-state index contributed by atoms with van der Waals surface area (Å²) in [5.74, 6) is -0.512. The van der Waals surface area contributed by atoms with E-state index < -0.39 is 11.2 Å². The summed E-state index contributed by atoms with van der Waals surface area (Å²) in [6.07, 6.45) is 1.41. The molecule has 25 heavy (non-hydrogen) atoms. The summed E-state index contributed by atoms with van der Waals surface area (Å²) in [4.78, 5) is 27.5. The Hall–Kier alpha value is -1.44. The first kappa shape index (κ1) is 18.4. The van der Waals surface area contributed by atoms with Crippen molar-refractivity contribution >= 4 is 28.2 Å². The molecule has 0 radical (unpaired) electrons. The normalized spacial score (nSPS) is 20.1. The van der Waals surface area contributed by atoms with E-state index in [4.69, 9.17) is 9.47 Å². The van der Waals surface area contributed by atoms with Crippen molar-refractivity contribution in [2.75, 3.05) is 31.6 Å². The van der Waals surface area contributed by atoms with Crippen molar-refractivity contribution in [3.05, 3.63) is 16.5 Å². The van der Waals surface area contributed by atoms with Crippen molar-refractivity contribution in [3.63, 3.8) is 0 Å². The highest BCUT2D eigenvalue weighted by molar-refractivity contribution is 7.18. The van der Waals surface area contributed by atoms with Crippen molar-refractivity contribution in [2.24, 2.45) is 5.41 Å². The fraction of sp³-hybridized carbons (Fsp3) is 0.667. The molecule has 6 nitrogen and oxygen atoms in total. The third kappa shape index (κ3) is 3.88. The minimum absolute atomic E-state index is 0.0200. The minimum atomic E-state index is -0.479. The number of nitrogens with one attached hydrogen (secondary N) is 1. The molecule has 2 fully saturated rings. The molecule has 3 rings (SSSR count). The lowest BCUT2D eigenvalue weighted by atomic mass is 9.96. The quantitative estimate of drug-likeness (QED) is 0.874. The van der Waals surface area contributed by atoms with Crippen LogP contribution in [-0.4, -0.2) is 48.8 Å². The van der Waals surface area contributed by atoms with Gasteiger partial charge in [-0.15, -0.1) is 11.3 Å². The number of carbonyl (C=O) groups excluding carboxylic acids is 2. The largest absolute Gasteiger partial charge is 0.347 e. The molecule has 0 aliphatic carbocycles. The van der Waals surface area contributed by atoms with Gasteiger partial charge in [0.15, 0.2) is 5.79 Å². The van der Waals surface area contributed by atoms with E-state index in [1.807, 2.05) is 38.7 Å². The van der Waals surface area contributed by atoms with Crippen LogP contribution in [0, 0.1) is 12.3 Å². The maximum absolute atomic E-state index is 12.9. The lowest BCUT2D eigenvalue weighted by Crippen LogP contribution is -2.47. The molecule has 1 N–H and O–H groups in total. The first-order chi connectivity index (χ1) is 11.7. The number of thiophene rings is 1. The number of piperidine rings is 1. The molecule has 0 unspecified atom stereocenters. The van der Waals surface area contributed by atoms with Crippen molar-refractivity contribution in [2.45, 2.75) is 46.3 Å². The van der Waals surface area contributed by atoms with Gasteiger partial charge < -0.3 is 19.7 Å². The molecule has 0 bridgehead atoms. The molecule has 2 amide bonds. The van der Waals surface area contributed by atoms with Crippen molar-refractivity contribution < 1.29 is 19.1 Å². The summed E-state index contributed by atoms with van der Waals surface area (Å²) in [5, 5.41) is 3.63. The molecule has 7 heteroatoms. The van der Waals surface area contributed by atoms with Crippen LogP contribution in [0.3, 0.4) is 0 Å². The molecular formula is C18H26N2O4S. The predicted octanol–water partition coefficient (Wildman–Crippen LogP) is 3.02. The number of likely N-dealkylation sites (tertiary alicyclic amines) is 1. The van der Waals surface area contributed by atoms with Gasteiger partial charge in [-0.3, -0.25) is 9.59 Å². The van der Waals surface area contributed by atoms with Crippen LogP contribution in [0.5, 0.6) is 0 Å². The number of hydrogen-bond donors (Lipinski definition) is 1. The van der Waals surface area contributed by atoms with E-state index in [0.29, 0.717) is 44.0 Å². The zero-order chi connectivity index (χ0) is 18.2. The van der Waals surface area contributed by atoms with Gasteiger partial charge in [-0.05, 0) is 18.6 Å². The minimum Gasteiger partial charge on any atom is -0.347 e. The van der Waals surface area contributed by atoms with Gasteiger partial charge in [0.25, 0.3) is 5.91 Å². The molecule has 1 aromatic heterocycles. The predicted molar refractivity (Wildman–Crippen MR) is 96.9 cm³/mol. The average Bonchev–Trinajstić information content (AvgIpc) is 3.13. The van der Waals surface area contributed by atoms with Crippen LogP contribution >= 0.6 is 11.3 Å². The highest BCUT2D eigenvalue weighted by Crippen LogP contribution is 2.34. The van der Waals surface area contributed by atoms with Gasteiger partial charge in [0, 0.05) is 31.3 Å². The number of amides is 2. The molecule has 1 spiro atoms. The Morgan fingerprint density at radius 2 is 1.80 bits per heavy atom.